The van der Waals surface area contributed by atoms with Crippen molar-refractivity contribution >= 4 is 5.82 Å². The van der Waals surface area contributed by atoms with Crippen molar-refractivity contribution in [3.8, 4) is 5.82 Å². The molecule has 0 N–H and O–H groups in total. The summed E-state index contributed by atoms with van der Waals surface area (Å²) in [4.78, 5) is 14.0. The second-order valence-corrected chi connectivity index (χ2v) is 4.12. The van der Waals surface area contributed by atoms with Crippen LogP contribution in [0.4, 0.5) is 5.82 Å². The van der Waals surface area contributed by atoms with Gasteiger partial charge in [-0.15, -0.1) is 5.10 Å². The van der Waals surface area contributed by atoms with E-state index in [0.29, 0.717) is 11.7 Å². The molecule has 8 heteroatoms. The molecule has 1 fully saturated rings. The van der Waals surface area contributed by atoms with Gasteiger partial charge in [-0.3, -0.25) is 4.57 Å². The first-order valence-electron chi connectivity index (χ1n) is 5.25. The Kier molecular flexibility index (Phi) is 1.97. The summed E-state index contributed by atoms with van der Waals surface area (Å²) in [5, 5.41) is 18.8. The van der Waals surface area contributed by atoms with Crippen LogP contribution in [0.2, 0.25) is 0 Å². The van der Waals surface area contributed by atoms with E-state index in [9.17, 15) is 10.1 Å². The van der Waals surface area contributed by atoms with Crippen molar-refractivity contribution in [1.29, 1.82) is 0 Å². The van der Waals surface area contributed by atoms with Gasteiger partial charge in [-0.25, -0.2) is 0 Å². The van der Waals surface area contributed by atoms with Gasteiger partial charge in [0.15, 0.2) is 0 Å². The van der Waals surface area contributed by atoms with Gasteiger partial charge in [-0.05, 0) is 22.7 Å². The minimum Gasteiger partial charge on any atom is -0.358 e. The van der Waals surface area contributed by atoms with Crippen LogP contribution in [0.25, 0.3) is 5.82 Å². The van der Waals surface area contributed by atoms with Gasteiger partial charge in [0.05, 0.1) is 11.9 Å². The number of nitro groups is 1. The highest BCUT2D eigenvalue weighted by molar-refractivity contribution is 5.41. The summed E-state index contributed by atoms with van der Waals surface area (Å²) >= 11 is 0. The molecule has 88 valence electrons. The maximum Gasteiger partial charge on any atom is 0.408 e. The van der Waals surface area contributed by atoms with Crippen molar-refractivity contribution in [2.45, 2.75) is 18.8 Å². The molecule has 1 aliphatic rings. The molecule has 1 saturated carbocycles. The molecule has 0 aliphatic heterocycles. The van der Waals surface area contributed by atoms with Crippen LogP contribution in [0.1, 0.15) is 24.5 Å². The van der Waals surface area contributed by atoms with E-state index in [1.54, 1.807) is 17.8 Å². The summed E-state index contributed by atoms with van der Waals surface area (Å²) in [7, 11) is 1.69. The SMILES string of the molecule is Cn1cnc([N+](=O)[O-])c1-n1cc(C2CC2)nn1. The molecule has 0 spiro atoms. The monoisotopic (exact) mass is 234 g/mol. The first-order valence-corrected chi connectivity index (χ1v) is 5.25. The predicted molar refractivity (Wildman–Crippen MR) is 56.8 cm³/mol. The Balaban J connectivity index is 2.06. The van der Waals surface area contributed by atoms with Crippen LogP contribution in [-0.2, 0) is 7.05 Å². The molecular weight excluding hydrogens is 224 g/mol. The molecule has 0 atom stereocenters. The number of aromatic nitrogens is 5. The van der Waals surface area contributed by atoms with E-state index in [4.69, 9.17) is 0 Å². The number of imidazole rings is 1. The molecular formula is C9H10N6O2. The average Bonchev–Trinajstić information content (AvgIpc) is 2.89. The molecule has 3 rings (SSSR count). The summed E-state index contributed by atoms with van der Waals surface area (Å²) in [5.74, 6) is 0.588. The minimum absolute atomic E-state index is 0.209. The molecule has 0 amide bonds. The Morgan fingerprint density at radius 3 is 2.94 bits per heavy atom. The first-order chi connectivity index (χ1) is 8.16. The lowest BCUT2D eigenvalue weighted by atomic mass is 10.3. The number of hydrogen-bond donors (Lipinski definition) is 0. The van der Waals surface area contributed by atoms with Crippen molar-refractivity contribution in [3.63, 3.8) is 0 Å². The van der Waals surface area contributed by atoms with E-state index < -0.39 is 4.92 Å². The molecule has 2 heterocycles. The minimum atomic E-state index is -0.520. The molecule has 8 nitrogen and oxygen atoms in total. The van der Waals surface area contributed by atoms with Crippen molar-refractivity contribution < 1.29 is 4.92 Å². The van der Waals surface area contributed by atoms with Gasteiger partial charge in [-0.1, -0.05) is 5.21 Å². The second kappa shape index (κ2) is 3.37. The first kappa shape index (κ1) is 9.94. The molecule has 0 bridgehead atoms. The largest absolute Gasteiger partial charge is 0.408 e. The summed E-state index contributed by atoms with van der Waals surface area (Å²) in [6.45, 7) is 0. The van der Waals surface area contributed by atoms with Crippen LogP contribution in [0.15, 0.2) is 12.5 Å². The van der Waals surface area contributed by atoms with Gasteiger partial charge in [0, 0.05) is 13.0 Å². The van der Waals surface area contributed by atoms with E-state index in [0.717, 1.165) is 18.5 Å². The molecule has 2 aromatic rings. The Morgan fingerprint density at radius 1 is 1.53 bits per heavy atom. The Morgan fingerprint density at radius 2 is 2.29 bits per heavy atom. The fourth-order valence-corrected chi connectivity index (χ4v) is 1.75. The quantitative estimate of drug-likeness (QED) is 0.578. The highest BCUT2D eigenvalue weighted by Crippen LogP contribution is 2.38. The van der Waals surface area contributed by atoms with Crippen LogP contribution >= 0.6 is 0 Å². The third-order valence-corrected chi connectivity index (χ3v) is 2.78. The van der Waals surface area contributed by atoms with E-state index >= 15 is 0 Å². The van der Waals surface area contributed by atoms with Gasteiger partial charge in [0.2, 0.25) is 12.1 Å². The zero-order valence-corrected chi connectivity index (χ0v) is 9.15. The van der Waals surface area contributed by atoms with Gasteiger partial charge in [0.1, 0.15) is 0 Å². The third-order valence-electron chi connectivity index (χ3n) is 2.78. The Labute approximate surface area is 96.0 Å². The molecule has 0 saturated heterocycles. The lowest BCUT2D eigenvalue weighted by Crippen LogP contribution is -2.05. The molecule has 0 unspecified atom stereocenters. The lowest BCUT2D eigenvalue weighted by Gasteiger charge is -1.99. The zero-order chi connectivity index (χ0) is 12.0. The van der Waals surface area contributed by atoms with Crippen LogP contribution in [0, 0.1) is 10.1 Å². The Hall–Kier alpha value is -2.25. The van der Waals surface area contributed by atoms with E-state index in [2.05, 4.69) is 15.3 Å². The van der Waals surface area contributed by atoms with Crippen molar-refractivity contribution in [3.05, 3.63) is 28.3 Å². The molecule has 0 radical (unpaired) electrons. The molecule has 17 heavy (non-hydrogen) atoms. The highest BCUT2D eigenvalue weighted by atomic mass is 16.6. The number of aryl methyl sites for hydroxylation is 1. The Bertz CT molecular complexity index is 582. The van der Waals surface area contributed by atoms with E-state index in [1.165, 1.54) is 11.0 Å². The van der Waals surface area contributed by atoms with E-state index in [1.807, 2.05) is 0 Å². The van der Waals surface area contributed by atoms with Crippen LogP contribution in [-0.4, -0.2) is 29.5 Å². The third kappa shape index (κ3) is 1.57. The lowest BCUT2D eigenvalue weighted by molar-refractivity contribution is -0.389. The number of hydrogen-bond acceptors (Lipinski definition) is 5. The van der Waals surface area contributed by atoms with Gasteiger partial charge < -0.3 is 10.1 Å². The van der Waals surface area contributed by atoms with Crippen LogP contribution < -0.4 is 0 Å². The van der Waals surface area contributed by atoms with Crippen LogP contribution in [0.5, 0.6) is 0 Å². The van der Waals surface area contributed by atoms with Crippen LogP contribution in [0.3, 0.4) is 0 Å². The summed E-state index contributed by atoms with van der Waals surface area (Å²) in [5.41, 5.74) is 0.889. The van der Waals surface area contributed by atoms with Crippen molar-refractivity contribution in [2.24, 2.45) is 7.05 Å². The normalized spacial score (nSPS) is 15.1. The van der Waals surface area contributed by atoms with Gasteiger partial charge >= 0.3 is 5.82 Å². The van der Waals surface area contributed by atoms with Crippen molar-refractivity contribution in [2.75, 3.05) is 0 Å². The number of nitrogens with zero attached hydrogens (tertiary/aromatic N) is 6. The smallest absolute Gasteiger partial charge is 0.358 e. The molecule has 1 aliphatic carbocycles. The molecule has 0 aromatic carbocycles. The molecule has 2 aromatic heterocycles. The summed E-state index contributed by atoms with van der Waals surface area (Å²) in [6.07, 6.45) is 5.37. The van der Waals surface area contributed by atoms with Gasteiger partial charge in [-0.2, -0.15) is 4.68 Å². The van der Waals surface area contributed by atoms with E-state index in [-0.39, 0.29) is 5.82 Å². The summed E-state index contributed by atoms with van der Waals surface area (Å²) in [6, 6.07) is 0. The topological polar surface area (TPSA) is 91.7 Å². The maximum atomic E-state index is 10.8. The predicted octanol–water partition coefficient (Wildman–Crippen LogP) is 0.786. The van der Waals surface area contributed by atoms with Crippen molar-refractivity contribution in [1.82, 2.24) is 24.5 Å². The maximum absolute atomic E-state index is 10.8. The fourth-order valence-electron chi connectivity index (χ4n) is 1.75. The van der Waals surface area contributed by atoms with Gasteiger partial charge in [0.25, 0.3) is 0 Å². The second-order valence-electron chi connectivity index (χ2n) is 4.12. The highest BCUT2D eigenvalue weighted by Gasteiger charge is 2.29. The average molecular weight is 234 g/mol. The zero-order valence-electron chi connectivity index (χ0n) is 9.15. The standard InChI is InChI=1S/C9H10N6O2/c1-13-5-10-8(15(16)17)9(13)14-4-7(11-12-14)6-2-3-6/h4-6H,2-3H2,1H3. The fraction of sp³-hybridized carbons (Fsp3) is 0.444. The summed E-state index contributed by atoms with van der Waals surface area (Å²) < 4.78 is 2.97. The number of rotatable bonds is 3.